The monoisotopic (exact) mass is 353 g/mol. The molecule has 0 fully saturated rings. The van der Waals surface area contributed by atoms with E-state index in [0.29, 0.717) is 23.6 Å². The number of nitrogens with one attached hydrogen (secondary N) is 1. The van der Waals surface area contributed by atoms with E-state index in [4.69, 9.17) is 9.15 Å². The molecule has 0 bridgehead atoms. The first-order valence-corrected chi connectivity index (χ1v) is 7.79. The summed E-state index contributed by atoms with van der Waals surface area (Å²) in [4.78, 5) is 0. The van der Waals surface area contributed by atoms with Crippen molar-refractivity contribution in [2.75, 3.05) is 13.7 Å². The first-order valence-electron chi connectivity index (χ1n) is 7.00. The summed E-state index contributed by atoms with van der Waals surface area (Å²) in [6, 6.07) is 6.20. The molecule has 1 aromatic heterocycles. The van der Waals surface area contributed by atoms with Gasteiger partial charge in [-0.3, -0.25) is 0 Å². The Balaban J connectivity index is 2.02. The second kappa shape index (κ2) is 7.56. The summed E-state index contributed by atoms with van der Waals surface area (Å²) in [6.07, 6.45) is 1.74. The summed E-state index contributed by atoms with van der Waals surface area (Å²) in [5.41, 5.74) is 0.805. The predicted octanol–water partition coefficient (Wildman–Crippen LogP) is 3.44. The zero-order valence-corrected chi connectivity index (χ0v) is 14.1. The quantitative estimate of drug-likeness (QED) is 0.772. The minimum absolute atomic E-state index is 0.492. The minimum atomic E-state index is 0.492. The predicted molar refractivity (Wildman–Crippen MR) is 85.4 cm³/mol. The largest absolute Gasteiger partial charge is 0.496 e. The van der Waals surface area contributed by atoms with Crippen LogP contribution in [0, 0.1) is 0 Å². The number of aromatic nitrogens is 2. The van der Waals surface area contributed by atoms with Crippen molar-refractivity contribution in [3.05, 3.63) is 28.6 Å². The Labute approximate surface area is 133 Å². The van der Waals surface area contributed by atoms with Crippen LogP contribution < -0.4 is 10.1 Å². The molecule has 0 atom stereocenters. The molecule has 2 aromatic rings. The number of aryl methyl sites for hydroxylation is 1. The van der Waals surface area contributed by atoms with E-state index in [-0.39, 0.29) is 0 Å². The van der Waals surface area contributed by atoms with Crippen LogP contribution in [-0.4, -0.2) is 29.9 Å². The highest BCUT2D eigenvalue weighted by Crippen LogP contribution is 2.31. The van der Waals surface area contributed by atoms with Crippen LogP contribution in [-0.2, 0) is 6.42 Å². The fourth-order valence-corrected chi connectivity index (χ4v) is 2.28. The third-order valence-corrected chi connectivity index (χ3v) is 3.47. The van der Waals surface area contributed by atoms with Crippen LogP contribution in [0.15, 0.2) is 27.1 Å². The van der Waals surface area contributed by atoms with Gasteiger partial charge in [-0.1, -0.05) is 29.8 Å². The van der Waals surface area contributed by atoms with Gasteiger partial charge >= 0.3 is 0 Å². The van der Waals surface area contributed by atoms with Crippen LogP contribution in [0.4, 0.5) is 0 Å². The topological polar surface area (TPSA) is 60.2 Å². The molecule has 6 heteroatoms. The third kappa shape index (κ3) is 4.54. The maximum Gasteiger partial charge on any atom is 0.251 e. The van der Waals surface area contributed by atoms with Gasteiger partial charge in [0.2, 0.25) is 5.89 Å². The van der Waals surface area contributed by atoms with Gasteiger partial charge < -0.3 is 14.5 Å². The average molecular weight is 354 g/mol. The van der Waals surface area contributed by atoms with Gasteiger partial charge in [-0.2, -0.15) is 0 Å². The second-order valence-corrected chi connectivity index (χ2v) is 5.97. The lowest BCUT2D eigenvalue weighted by molar-refractivity contribution is 0.413. The van der Waals surface area contributed by atoms with Crippen molar-refractivity contribution in [1.82, 2.24) is 15.5 Å². The van der Waals surface area contributed by atoms with Crippen molar-refractivity contribution in [1.29, 1.82) is 0 Å². The zero-order chi connectivity index (χ0) is 15.2. The van der Waals surface area contributed by atoms with Gasteiger partial charge in [0.05, 0.1) is 12.7 Å². The van der Waals surface area contributed by atoms with Crippen molar-refractivity contribution in [3.8, 4) is 17.2 Å². The molecule has 0 aliphatic heterocycles. The van der Waals surface area contributed by atoms with Gasteiger partial charge in [-0.25, -0.2) is 0 Å². The number of nitrogens with zero attached hydrogens (tertiary/aromatic N) is 2. The smallest absolute Gasteiger partial charge is 0.251 e. The Morgan fingerprint density at radius 2 is 2.14 bits per heavy atom. The Hall–Kier alpha value is -1.40. The molecule has 114 valence electrons. The molecular formula is C15H20BrN3O2. The number of ether oxygens (including phenoxy) is 1. The third-order valence-electron chi connectivity index (χ3n) is 2.98. The molecule has 0 radical (unpaired) electrons. The molecule has 0 spiro atoms. The highest BCUT2D eigenvalue weighted by molar-refractivity contribution is 9.10. The van der Waals surface area contributed by atoms with Crippen LogP contribution in [0.1, 0.15) is 26.2 Å². The van der Waals surface area contributed by atoms with E-state index < -0.39 is 0 Å². The van der Waals surface area contributed by atoms with Crippen molar-refractivity contribution in [2.24, 2.45) is 0 Å². The highest BCUT2D eigenvalue weighted by Gasteiger charge is 2.13. The first-order chi connectivity index (χ1) is 10.1. The molecule has 0 amide bonds. The van der Waals surface area contributed by atoms with Crippen LogP contribution >= 0.6 is 15.9 Å². The fourth-order valence-electron chi connectivity index (χ4n) is 1.94. The van der Waals surface area contributed by atoms with Crippen LogP contribution in [0.5, 0.6) is 5.75 Å². The second-order valence-electron chi connectivity index (χ2n) is 5.06. The van der Waals surface area contributed by atoms with E-state index in [9.17, 15) is 0 Å². The fraction of sp³-hybridized carbons (Fsp3) is 0.467. The van der Waals surface area contributed by atoms with Crippen LogP contribution in [0.3, 0.4) is 0 Å². The Kier molecular flexibility index (Phi) is 5.76. The van der Waals surface area contributed by atoms with Crippen molar-refractivity contribution < 1.29 is 9.15 Å². The number of rotatable bonds is 7. The van der Waals surface area contributed by atoms with E-state index in [1.54, 1.807) is 7.11 Å². The van der Waals surface area contributed by atoms with E-state index in [1.165, 1.54) is 0 Å². The molecule has 0 unspecified atom stereocenters. The summed E-state index contributed by atoms with van der Waals surface area (Å²) in [5, 5.41) is 11.6. The van der Waals surface area contributed by atoms with Crippen LogP contribution in [0.2, 0.25) is 0 Å². The Morgan fingerprint density at radius 1 is 1.33 bits per heavy atom. The van der Waals surface area contributed by atoms with Crippen molar-refractivity contribution in [2.45, 2.75) is 32.7 Å². The van der Waals surface area contributed by atoms with Crippen molar-refractivity contribution >= 4 is 15.9 Å². The molecular weight excluding hydrogens is 334 g/mol. The van der Waals surface area contributed by atoms with Gasteiger partial charge in [-0.05, 0) is 31.2 Å². The standard InChI is InChI=1S/C15H20BrN3O2/c1-10(2)17-8-4-5-14-18-19-15(21-14)12-7-6-11(16)9-13(12)20-3/h6-7,9-10,17H,4-5,8H2,1-3H3. The molecule has 0 saturated carbocycles. The summed E-state index contributed by atoms with van der Waals surface area (Å²) < 4.78 is 12.0. The van der Waals surface area contributed by atoms with E-state index >= 15 is 0 Å². The van der Waals surface area contributed by atoms with Crippen molar-refractivity contribution in [3.63, 3.8) is 0 Å². The summed E-state index contributed by atoms with van der Waals surface area (Å²) in [6.45, 7) is 5.20. The van der Waals surface area contributed by atoms with E-state index in [1.807, 2.05) is 18.2 Å². The van der Waals surface area contributed by atoms with Gasteiger partial charge in [0.25, 0.3) is 5.89 Å². The molecule has 1 aromatic carbocycles. The molecule has 0 aliphatic carbocycles. The van der Waals surface area contributed by atoms with Gasteiger partial charge in [0.15, 0.2) is 0 Å². The number of halogens is 1. The van der Waals surface area contributed by atoms with Gasteiger partial charge in [0, 0.05) is 16.9 Å². The molecule has 5 nitrogen and oxygen atoms in total. The van der Waals surface area contributed by atoms with Gasteiger partial charge in [-0.15, -0.1) is 10.2 Å². The molecule has 0 aliphatic rings. The lowest BCUT2D eigenvalue weighted by Crippen LogP contribution is -2.23. The van der Waals surface area contributed by atoms with E-state index in [2.05, 4.69) is 45.3 Å². The molecule has 21 heavy (non-hydrogen) atoms. The van der Waals surface area contributed by atoms with E-state index in [0.717, 1.165) is 29.4 Å². The Bertz CT molecular complexity index is 584. The summed E-state index contributed by atoms with van der Waals surface area (Å²) in [7, 11) is 1.63. The zero-order valence-electron chi connectivity index (χ0n) is 12.5. The highest BCUT2D eigenvalue weighted by atomic mass is 79.9. The lowest BCUT2D eigenvalue weighted by Gasteiger charge is -2.06. The lowest BCUT2D eigenvalue weighted by atomic mass is 10.2. The van der Waals surface area contributed by atoms with Gasteiger partial charge in [0.1, 0.15) is 5.75 Å². The Morgan fingerprint density at radius 3 is 2.86 bits per heavy atom. The number of methoxy groups -OCH3 is 1. The number of benzene rings is 1. The molecule has 2 rings (SSSR count). The SMILES string of the molecule is COc1cc(Br)ccc1-c1nnc(CCCNC(C)C)o1. The summed E-state index contributed by atoms with van der Waals surface area (Å²) >= 11 is 3.41. The average Bonchev–Trinajstić information content (AvgIpc) is 2.92. The normalized spacial score (nSPS) is 11.1. The molecule has 1 heterocycles. The van der Waals surface area contributed by atoms with Crippen LogP contribution in [0.25, 0.3) is 11.5 Å². The maximum absolute atomic E-state index is 5.71. The number of hydrogen-bond donors (Lipinski definition) is 1. The molecule has 0 saturated heterocycles. The first kappa shape index (κ1) is 16.0. The maximum atomic E-state index is 5.71. The molecule has 1 N–H and O–H groups in total. The number of hydrogen-bond acceptors (Lipinski definition) is 5. The summed E-state index contributed by atoms with van der Waals surface area (Å²) in [5.74, 6) is 1.85. The minimum Gasteiger partial charge on any atom is -0.496 e.